The summed E-state index contributed by atoms with van der Waals surface area (Å²) in [5.74, 6) is 1.54. The molecule has 0 amide bonds. The highest BCUT2D eigenvalue weighted by atomic mass is 16.5. The predicted octanol–water partition coefficient (Wildman–Crippen LogP) is 2.46. The van der Waals surface area contributed by atoms with Gasteiger partial charge in [0.2, 0.25) is 5.88 Å². The molecule has 2 unspecified atom stereocenters. The lowest BCUT2D eigenvalue weighted by molar-refractivity contribution is 0.101. The van der Waals surface area contributed by atoms with Crippen LogP contribution in [0.4, 0.5) is 5.82 Å². The van der Waals surface area contributed by atoms with E-state index in [0.717, 1.165) is 18.7 Å². The SMILES string of the molecule is CCOc1cccc(NC2CCCC2OC)n1. The minimum Gasteiger partial charge on any atom is -0.478 e. The summed E-state index contributed by atoms with van der Waals surface area (Å²) in [5, 5.41) is 3.42. The molecule has 1 N–H and O–H groups in total. The first-order chi connectivity index (χ1) is 8.33. The van der Waals surface area contributed by atoms with Crippen molar-refractivity contribution < 1.29 is 9.47 Å². The van der Waals surface area contributed by atoms with Crippen LogP contribution >= 0.6 is 0 Å². The number of pyridine rings is 1. The fourth-order valence-corrected chi connectivity index (χ4v) is 2.29. The minimum absolute atomic E-state index is 0.299. The number of hydrogen-bond donors (Lipinski definition) is 1. The Morgan fingerprint density at radius 3 is 3.06 bits per heavy atom. The summed E-state index contributed by atoms with van der Waals surface area (Å²) in [6, 6.07) is 6.16. The lowest BCUT2D eigenvalue weighted by Gasteiger charge is -2.20. The van der Waals surface area contributed by atoms with Crippen LogP contribution in [0.3, 0.4) is 0 Å². The number of anilines is 1. The van der Waals surface area contributed by atoms with E-state index in [1.54, 1.807) is 7.11 Å². The van der Waals surface area contributed by atoms with E-state index < -0.39 is 0 Å². The normalized spacial score (nSPS) is 23.6. The average molecular weight is 236 g/mol. The van der Waals surface area contributed by atoms with Gasteiger partial charge in [-0.1, -0.05) is 6.07 Å². The monoisotopic (exact) mass is 236 g/mol. The van der Waals surface area contributed by atoms with Crippen LogP contribution in [0.5, 0.6) is 5.88 Å². The smallest absolute Gasteiger partial charge is 0.215 e. The summed E-state index contributed by atoms with van der Waals surface area (Å²) >= 11 is 0. The van der Waals surface area contributed by atoms with Gasteiger partial charge in [-0.25, -0.2) is 0 Å². The first-order valence-electron chi connectivity index (χ1n) is 6.22. The topological polar surface area (TPSA) is 43.4 Å². The van der Waals surface area contributed by atoms with Gasteiger partial charge in [-0.3, -0.25) is 0 Å². The number of aromatic nitrogens is 1. The van der Waals surface area contributed by atoms with Gasteiger partial charge in [0.05, 0.1) is 18.8 Å². The van der Waals surface area contributed by atoms with Crippen LogP contribution in [0.2, 0.25) is 0 Å². The van der Waals surface area contributed by atoms with Crippen molar-refractivity contribution >= 4 is 5.82 Å². The molecular weight excluding hydrogens is 216 g/mol. The van der Waals surface area contributed by atoms with E-state index in [4.69, 9.17) is 9.47 Å². The Morgan fingerprint density at radius 2 is 2.29 bits per heavy atom. The van der Waals surface area contributed by atoms with E-state index in [9.17, 15) is 0 Å². The second kappa shape index (κ2) is 5.87. The van der Waals surface area contributed by atoms with Gasteiger partial charge in [0.25, 0.3) is 0 Å². The van der Waals surface area contributed by atoms with Crippen molar-refractivity contribution in [2.24, 2.45) is 0 Å². The fourth-order valence-electron chi connectivity index (χ4n) is 2.29. The van der Waals surface area contributed by atoms with Crippen molar-refractivity contribution in [1.29, 1.82) is 0 Å². The zero-order valence-corrected chi connectivity index (χ0v) is 10.5. The van der Waals surface area contributed by atoms with Crippen molar-refractivity contribution in [3.05, 3.63) is 18.2 Å². The summed E-state index contributed by atoms with van der Waals surface area (Å²) in [6.07, 6.45) is 3.77. The largest absolute Gasteiger partial charge is 0.478 e. The molecule has 17 heavy (non-hydrogen) atoms. The summed E-state index contributed by atoms with van der Waals surface area (Å²) in [5.41, 5.74) is 0. The highest BCUT2D eigenvalue weighted by molar-refractivity contribution is 5.38. The molecule has 4 nitrogen and oxygen atoms in total. The first-order valence-corrected chi connectivity index (χ1v) is 6.22. The lowest BCUT2D eigenvalue weighted by atomic mass is 10.2. The summed E-state index contributed by atoms with van der Waals surface area (Å²) in [4.78, 5) is 4.41. The molecule has 0 saturated heterocycles. The van der Waals surface area contributed by atoms with Crippen LogP contribution in [0, 0.1) is 0 Å². The van der Waals surface area contributed by atoms with Gasteiger partial charge in [0.15, 0.2) is 0 Å². The van der Waals surface area contributed by atoms with Crippen LogP contribution in [0.15, 0.2) is 18.2 Å². The second-order valence-electron chi connectivity index (χ2n) is 4.25. The third-order valence-corrected chi connectivity index (χ3v) is 3.10. The molecule has 1 saturated carbocycles. The van der Waals surface area contributed by atoms with Crippen LogP contribution in [-0.4, -0.2) is 30.8 Å². The standard InChI is InChI=1S/C13H20N2O2/c1-3-17-13-9-5-8-12(15-13)14-10-6-4-7-11(10)16-2/h5,8-11H,3-4,6-7H2,1-2H3,(H,14,15). The Morgan fingerprint density at radius 1 is 1.41 bits per heavy atom. The Hall–Kier alpha value is -1.29. The number of rotatable bonds is 5. The van der Waals surface area contributed by atoms with Gasteiger partial charge in [0.1, 0.15) is 5.82 Å². The fraction of sp³-hybridized carbons (Fsp3) is 0.615. The molecule has 0 aromatic carbocycles. The Balaban J connectivity index is 2.00. The maximum absolute atomic E-state index is 5.45. The highest BCUT2D eigenvalue weighted by Crippen LogP contribution is 2.25. The van der Waals surface area contributed by atoms with Crippen LogP contribution in [0.1, 0.15) is 26.2 Å². The summed E-state index contributed by atoms with van der Waals surface area (Å²) in [7, 11) is 1.77. The molecule has 0 bridgehead atoms. The Labute approximate surface area is 102 Å². The molecule has 1 aromatic heterocycles. The minimum atomic E-state index is 0.299. The summed E-state index contributed by atoms with van der Waals surface area (Å²) < 4.78 is 10.8. The van der Waals surface area contributed by atoms with Crippen molar-refractivity contribution in [3.8, 4) is 5.88 Å². The maximum atomic E-state index is 5.45. The van der Waals surface area contributed by atoms with E-state index >= 15 is 0 Å². The molecule has 0 spiro atoms. The molecular formula is C13H20N2O2. The number of ether oxygens (including phenoxy) is 2. The highest BCUT2D eigenvalue weighted by Gasteiger charge is 2.27. The van der Waals surface area contributed by atoms with Gasteiger partial charge in [-0.05, 0) is 32.3 Å². The third-order valence-electron chi connectivity index (χ3n) is 3.10. The maximum Gasteiger partial charge on any atom is 0.215 e. The van der Waals surface area contributed by atoms with Gasteiger partial charge in [-0.15, -0.1) is 0 Å². The molecule has 1 aromatic rings. The third kappa shape index (κ3) is 3.09. The number of nitrogens with zero attached hydrogens (tertiary/aromatic N) is 1. The van der Waals surface area contributed by atoms with E-state index in [0.29, 0.717) is 24.6 Å². The lowest BCUT2D eigenvalue weighted by Crippen LogP contribution is -2.30. The van der Waals surface area contributed by atoms with Crippen molar-refractivity contribution in [3.63, 3.8) is 0 Å². The zero-order chi connectivity index (χ0) is 12.1. The molecule has 1 heterocycles. The van der Waals surface area contributed by atoms with Crippen LogP contribution in [-0.2, 0) is 4.74 Å². The quantitative estimate of drug-likeness (QED) is 0.853. The van der Waals surface area contributed by atoms with E-state index in [2.05, 4.69) is 10.3 Å². The van der Waals surface area contributed by atoms with Crippen molar-refractivity contribution in [2.75, 3.05) is 19.0 Å². The van der Waals surface area contributed by atoms with Gasteiger partial charge in [0, 0.05) is 13.2 Å². The number of hydrogen-bond acceptors (Lipinski definition) is 4. The number of nitrogens with one attached hydrogen (secondary N) is 1. The molecule has 1 aliphatic carbocycles. The van der Waals surface area contributed by atoms with Gasteiger partial charge < -0.3 is 14.8 Å². The molecule has 0 aliphatic heterocycles. The van der Waals surface area contributed by atoms with Crippen molar-refractivity contribution in [2.45, 2.75) is 38.3 Å². The Bertz CT molecular complexity index is 357. The van der Waals surface area contributed by atoms with Crippen LogP contribution < -0.4 is 10.1 Å². The molecule has 2 rings (SSSR count). The molecule has 4 heteroatoms. The first kappa shape index (κ1) is 12.2. The van der Waals surface area contributed by atoms with Gasteiger partial charge in [-0.2, -0.15) is 4.98 Å². The van der Waals surface area contributed by atoms with E-state index in [1.165, 1.54) is 6.42 Å². The predicted molar refractivity (Wildman–Crippen MR) is 67.5 cm³/mol. The molecule has 1 aliphatic rings. The molecule has 94 valence electrons. The van der Waals surface area contributed by atoms with E-state index in [-0.39, 0.29) is 0 Å². The second-order valence-corrected chi connectivity index (χ2v) is 4.25. The van der Waals surface area contributed by atoms with Crippen LogP contribution in [0.25, 0.3) is 0 Å². The summed E-state index contributed by atoms with van der Waals surface area (Å²) in [6.45, 7) is 2.60. The van der Waals surface area contributed by atoms with E-state index in [1.807, 2.05) is 25.1 Å². The average Bonchev–Trinajstić information content (AvgIpc) is 2.77. The molecule has 2 atom stereocenters. The zero-order valence-electron chi connectivity index (χ0n) is 10.5. The Kier molecular flexibility index (Phi) is 4.20. The molecule has 1 fully saturated rings. The molecule has 0 radical (unpaired) electrons. The van der Waals surface area contributed by atoms with Gasteiger partial charge >= 0.3 is 0 Å². The number of methoxy groups -OCH3 is 1. The van der Waals surface area contributed by atoms with Crippen molar-refractivity contribution in [1.82, 2.24) is 4.98 Å².